The fourth-order valence-electron chi connectivity index (χ4n) is 3.59. The van der Waals surface area contributed by atoms with Crippen LogP contribution in [0.5, 0.6) is 0 Å². The molecule has 1 aromatic heterocycles. The number of carbonyl (C=O) groups excluding carboxylic acids is 1. The van der Waals surface area contributed by atoms with Gasteiger partial charge in [0.1, 0.15) is 0 Å². The van der Waals surface area contributed by atoms with Gasteiger partial charge in [0.25, 0.3) is 0 Å². The molecule has 0 fully saturated rings. The molecule has 0 saturated carbocycles. The quantitative estimate of drug-likeness (QED) is 0.305. The van der Waals surface area contributed by atoms with Crippen LogP contribution in [0.4, 0.5) is 5.69 Å². The Bertz CT molecular complexity index is 1440. The van der Waals surface area contributed by atoms with Gasteiger partial charge in [0, 0.05) is 24.1 Å². The molecule has 4 aromatic rings. The van der Waals surface area contributed by atoms with E-state index in [9.17, 15) is 13.2 Å². The largest absolute Gasteiger partial charge is 0.326 e. The Labute approximate surface area is 215 Å². The fraction of sp³-hybridized carbons (Fsp3) is 0.192. The van der Waals surface area contributed by atoms with Crippen molar-refractivity contribution in [2.24, 2.45) is 0 Å². The summed E-state index contributed by atoms with van der Waals surface area (Å²) in [6.07, 6.45) is 0. The van der Waals surface area contributed by atoms with Crippen molar-refractivity contribution in [1.82, 2.24) is 19.5 Å². The van der Waals surface area contributed by atoms with Gasteiger partial charge < -0.3 is 5.32 Å². The maximum absolute atomic E-state index is 13.1. The second-order valence-corrected chi connectivity index (χ2v) is 11.0. The van der Waals surface area contributed by atoms with Gasteiger partial charge in [-0.15, -0.1) is 10.2 Å². The first-order valence-corrected chi connectivity index (χ1v) is 13.8. The Hall–Kier alpha value is -3.47. The van der Waals surface area contributed by atoms with E-state index in [2.05, 4.69) is 32.4 Å². The molecule has 1 unspecified atom stereocenters. The monoisotopic (exact) mass is 521 g/mol. The number of hydrogen-bond acceptors (Lipinski definition) is 6. The molecule has 0 aliphatic rings. The lowest BCUT2D eigenvalue weighted by Crippen LogP contribution is -2.28. The highest BCUT2D eigenvalue weighted by atomic mass is 32.2. The normalized spacial score (nSPS) is 12.3. The van der Waals surface area contributed by atoms with Crippen molar-refractivity contribution in [3.63, 3.8) is 0 Å². The number of thioether (sulfide) groups is 1. The van der Waals surface area contributed by atoms with E-state index < -0.39 is 16.1 Å². The fourth-order valence-corrected chi connectivity index (χ4v) is 5.70. The molecule has 1 atom stereocenters. The maximum Gasteiger partial charge on any atom is 0.241 e. The van der Waals surface area contributed by atoms with Crippen LogP contribution in [0, 0.1) is 6.92 Å². The second kappa shape index (κ2) is 11.1. The predicted octanol–water partition coefficient (Wildman–Crippen LogP) is 4.87. The highest BCUT2D eigenvalue weighted by Gasteiger charge is 2.25. The van der Waals surface area contributed by atoms with E-state index in [0.717, 1.165) is 16.8 Å². The lowest BCUT2D eigenvalue weighted by atomic mass is 10.2. The molecule has 36 heavy (non-hydrogen) atoms. The van der Waals surface area contributed by atoms with Crippen LogP contribution in [-0.2, 0) is 20.6 Å². The molecule has 0 spiro atoms. The molecule has 186 valence electrons. The number of aromatic nitrogens is 3. The Morgan fingerprint density at radius 2 is 1.64 bits per heavy atom. The van der Waals surface area contributed by atoms with E-state index in [0.29, 0.717) is 22.4 Å². The van der Waals surface area contributed by atoms with Gasteiger partial charge in [-0.2, -0.15) is 0 Å². The number of hydrogen-bond donors (Lipinski definition) is 2. The number of nitrogens with one attached hydrogen (secondary N) is 2. The van der Waals surface area contributed by atoms with Crippen LogP contribution in [0.25, 0.3) is 5.69 Å². The number of carbonyl (C=O) groups is 1. The summed E-state index contributed by atoms with van der Waals surface area (Å²) in [5.41, 5.74) is 3.64. The Morgan fingerprint density at radius 1 is 0.972 bits per heavy atom. The van der Waals surface area contributed by atoms with Crippen LogP contribution in [0.15, 0.2) is 88.9 Å². The van der Waals surface area contributed by atoms with E-state index in [1.807, 2.05) is 54.0 Å². The van der Waals surface area contributed by atoms with Crippen LogP contribution in [-0.4, -0.2) is 29.1 Å². The van der Waals surface area contributed by atoms with Crippen LogP contribution < -0.4 is 10.0 Å². The summed E-state index contributed by atoms with van der Waals surface area (Å²) in [6.45, 7) is 5.14. The van der Waals surface area contributed by atoms with Gasteiger partial charge in [0.15, 0.2) is 11.0 Å². The molecule has 0 radical (unpaired) electrons. The molecule has 3 aromatic carbocycles. The molecule has 4 rings (SSSR count). The molecule has 1 heterocycles. The van der Waals surface area contributed by atoms with Crippen molar-refractivity contribution in [2.75, 3.05) is 5.32 Å². The Balaban J connectivity index is 1.61. The summed E-state index contributed by atoms with van der Waals surface area (Å²) in [4.78, 5) is 11.3. The zero-order valence-corrected chi connectivity index (χ0v) is 21.8. The minimum atomic E-state index is -3.86. The Kier molecular flexibility index (Phi) is 7.88. The molecule has 2 N–H and O–H groups in total. The first-order valence-electron chi connectivity index (χ1n) is 11.3. The molecular weight excluding hydrogens is 494 g/mol. The number of nitrogens with zero attached hydrogens (tertiary/aromatic N) is 3. The summed E-state index contributed by atoms with van der Waals surface area (Å²) in [7, 11) is -3.86. The first-order chi connectivity index (χ1) is 17.2. The molecule has 0 aliphatic carbocycles. The van der Waals surface area contributed by atoms with Crippen molar-refractivity contribution in [1.29, 1.82) is 0 Å². The molecular formula is C26H27N5O3S2. The summed E-state index contributed by atoms with van der Waals surface area (Å²) in [6, 6.07) is 23.3. The van der Waals surface area contributed by atoms with Crippen LogP contribution in [0.3, 0.4) is 0 Å². The van der Waals surface area contributed by atoms with Crippen molar-refractivity contribution in [3.8, 4) is 5.69 Å². The average Bonchev–Trinajstić information content (AvgIpc) is 3.28. The standard InChI is InChI=1S/C26H27N5O3S2/c1-18-9-13-23(14-10-18)31-25(28-29-26(31)35-17-21-7-5-4-6-8-21)19(2)30-36(33,34)24-15-11-22(12-16-24)27-20(3)32/h4-16,19,30H,17H2,1-3H3,(H,27,32). The third-order valence-electron chi connectivity index (χ3n) is 5.37. The number of rotatable bonds is 9. The number of aryl methyl sites for hydroxylation is 1. The zero-order valence-electron chi connectivity index (χ0n) is 20.2. The van der Waals surface area contributed by atoms with Gasteiger partial charge in [0.05, 0.1) is 10.9 Å². The lowest BCUT2D eigenvalue weighted by molar-refractivity contribution is -0.114. The highest BCUT2D eigenvalue weighted by molar-refractivity contribution is 7.98. The molecule has 0 saturated heterocycles. The summed E-state index contributed by atoms with van der Waals surface area (Å²) >= 11 is 1.54. The van der Waals surface area contributed by atoms with Gasteiger partial charge >= 0.3 is 0 Å². The molecule has 10 heteroatoms. The second-order valence-electron chi connectivity index (χ2n) is 8.33. The SMILES string of the molecule is CC(=O)Nc1ccc(S(=O)(=O)NC(C)c2nnc(SCc3ccccc3)n2-c2ccc(C)cc2)cc1. The summed E-state index contributed by atoms with van der Waals surface area (Å²) in [5, 5.41) is 12.1. The lowest BCUT2D eigenvalue weighted by Gasteiger charge is -2.17. The molecule has 1 amide bonds. The van der Waals surface area contributed by atoms with Crippen LogP contribution in [0.1, 0.15) is 36.8 Å². The minimum Gasteiger partial charge on any atom is -0.326 e. The van der Waals surface area contributed by atoms with Crippen molar-refractivity contribution in [2.45, 2.75) is 42.6 Å². The van der Waals surface area contributed by atoms with Gasteiger partial charge in [0.2, 0.25) is 15.9 Å². The van der Waals surface area contributed by atoms with Crippen LogP contribution in [0.2, 0.25) is 0 Å². The number of anilines is 1. The zero-order chi connectivity index (χ0) is 25.7. The van der Waals surface area contributed by atoms with Crippen molar-refractivity contribution in [3.05, 3.63) is 95.8 Å². The summed E-state index contributed by atoms with van der Waals surface area (Å²) in [5.74, 6) is 0.951. The van der Waals surface area contributed by atoms with Crippen LogP contribution >= 0.6 is 11.8 Å². The van der Waals surface area contributed by atoms with Gasteiger partial charge in [-0.05, 0) is 55.8 Å². The van der Waals surface area contributed by atoms with Gasteiger partial charge in [-0.1, -0.05) is 59.8 Å². The highest BCUT2D eigenvalue weighted by Crippen LogP contribution is 2.28. The smallest absolute Gasteiger partial charge is 0.241 e. The van der Waals surface area contributed by atoms with E-state index in [1.54, 1.807) is 19.1 Å². The van der Waals surface area contributed by atoms with Gasteiger partial charge in [-0.3, -0.25) is 9.36 Å². The summed E-state index contributed by atoms with van der Waals surface area (Å²) < 4.78 is 30.8. The van der Waals surface area contributed by atoms with Gasteiger partial charge in [-0.25, -0.2) is 13.1 Å². The average molecular weight is 522 g/mol. The molecule has 0 bridgehead atoms. The van der Waals surface area contributed by atoms with E-state index >= 15 is 0 Å². The van der Waals surface area contributed by atoms with Crippen molar-refractivity contribution >= 4 is 33.4 Å². The Morgan fingerprint density at radius 3 is 2.28 bits per heavy atom. The third-order valence-corrected chi connectivity index (χ3v) is 7.92. The number of sulfonamides is 1. The minimum absolute atomic E-state index is 0.0866. The first kappa shape index (κ1) is 25.6. The molecule has 8 nitrogen and oxygen atoms in total. The maximum atomic E-state index is 13.1. The third kappa shape index (κ3) is 6.20. The molecule has 0 aliphatic heterocycles. The van der Waals surface area contributed by atoms with Crippen molar-refractivity contribution < 1.29 is 13.2 Å². The van der Waals surface area contributed by atoms with E-state index in [4.69, 9.17) is 0 Å². The predicted molar refractivity (Wildman–Crippen MR) is 142 cm³/mol. The topological polar surface area (TPSA) is 106 Å². The van der Waals surface area contributed by atoms with E-state index in [1.165, 1.54) is 30.8 Å². The number of benzene rings is 3. The number of amides is 1. The van der Waals surface area contributed by atoms with E-state index in [-0.39, 0.29) is 10.8 Å².